The smallest absolute Gasteiger partial charge is 0.457 e. The van der Waals surface area contributed by atoms with Crippen molar-refractivity contribution in [2.75, 3.05) is 19.8 Å². The van der Waals surface area contributed by atoms with Crippen molar-refractivity contribution in [2.45, 2.75) is 262 Å². The summed E-state index contributed by atoms with van der Waals surface area (Å²) < 4.78 is 34.3. The second-order valence-corrected chi connectivity index (χ2v) is 21.2. The van der Waals surface area contributed by atoms with Crippen LogP contribution in [0.1, 0.15) is 219 Å². The molecule has 0 radical (unpaired) electrons. The normalized spacial score (nSPS) is 21.1. The van der Waals surface area contributed by atoms with Gasteiger partial charge in [-0.25, -0.2) is 4.57 Å². The van der Waals surface area contributed by atoms with Crippen LogP contribution in [-0.2, 0) is 27.9 Å². The summed E-state index contributed by atoms with van der Waals surface area (Å²) in [6.07, 6.45) is 57.7. The van der Waals surface area contributed by atoms with Crippen molar-refractivity contribution in [3.05, 3.63) is 97.2 Å². The van der Waals surface area contributed by atoms with Crippen LogP contribution < -0.4 is 0 Å². The largest absolute Gasteiger partial charge is 0.472 e. The van der Waals surface area contributed by atoms with Gasteiger partial charge in [0.05, 0.1) is 13.2 Å². The van der Waals surface area contributed by atoms with Crippen LogP contribution in [0, 0.1) is 0 Å². The zero-order valence-electron chi connectivity index (χ0n) is 46.1. The van der Waals surface area contributed by atoms with Crippen LogP contribution in [0.25, 0.3) is 0 Å². The summed E-state index contributed by atoms with van der Waals surface area (Å²) in [5, 5.41) is 50.4. The van der Waals surface area contributed by atoms with E-state index < -0.39 is 63.1 Å². The fourth-order valence-corrected chi connectivity index (χ4v) is 9.37. The third-order valence-electron chi connectivity index (χ3n) is 12.9. The van der Waals surface area contributed by atoms with Gasteiger partial charge in [0.1, 0.15) is 42.7 Å². The topological polar surface area (TPSA) is 192 Å². The first-order valence-corrected chi connectivity index (χ1v) is 30.6. The third-order valence-corrected chi connectivity index (χ3v) is 13.9. The molecule has 426 valence electrons. The van der Waals surface area contributed by atoms with Gasteiger partial charge in [0.25, 0.3) is 0 Å². The zero-order chi connectivity index (χ0) is 54.0. The second-order valence-electron chi connectivity index (χ2n) is 19.8. The minimum Gasteiger partial charge on any atom is -0.457 e. The lowest BCUT2D eigenvalue weighted by Gasteiger charge is -2.41. The quantitative estimate of drug-likeness (QED) is 0.0146. The van der Waals surface area contributed by atoms with Gasteiger partial charge < -0.3 is 39.9 Å². The van der Waals surface area contributed by atoms with Gasteiger partial charge in [-0.1, -0.05) is 220 Å². The molecule has 0 saturated heterocycles. The molecular formula is C61H105O12P. The van der Waals surface area contributed by atoms with Gasteiger partial charge in [-0.2, -0.15) is 0 Å². The molecule has 74 heavy (non-hydrogen) atoms. The molecule has 0 aromatic rings. The van der Waals surface area contributed by atoms with Crippen molar-refractivity contribution in [2.24, 2.45) is 0 Å². The Morgan fingerprint density at radius 2 is 0.797 bits per heavy atom. The molecule has 6 N–H and O–H groups in total. The molecule has 12 nitrogen and oxygen atoms in total. The highest BCUT2D eigenvalue weighted by Gasteiger charge is 2.51. The van der Waals surface area contributed by atoms with Crippen LogP contribution in [0.2, 0.25) is 0 Å². The maximum atomic E-state index is 12.9. The molecule has 0 heterocycles. The first kappa shape index (κ1) is 69.3. The Labute approximate surface area is 449 Å². The van der Waals surface area contributed by atoms with Gasteiger partial charge in [-0.15, -0.1) is 0 Å². The van der Waals surface area contributed by atoms with E-state index in [1.807, 2.05) is 12.2 Å². The number of ether oxygens (including phenoxy) is 2. The van der Waals surface area contributed by atoms with E-state index in [4.69, 9.17) is 18.5 Å². The molecule has 13 heteroatoms. The van der Waals surface area contributed by atoms with Gasteiger partial charge in [0, 0.05) is 13.0 Å². The molecule has 0 bridgehead atoms. The predicted octanol–water partition coefficient (Wildman–Crippen LogP) is 14.2. The number of carbonyl (C=O) groups excluding carboxylic acids is 1. The van der Waals surface area contributed by atoms with Crippen LogP contribution in [0.5, 0.6) is 0 Å². The monoisotopic (exact) mass is 1060 g/mol. The molecule has 6 atom stereocenters. The fourth-order valence-electron chi connectivity index (χ4n) is 8.40. The number of allylic oxidation sites excluding steroid dienone is 16. The molecule has 1 rings (SSSR count). The van der Waals surface area contributed by atoms with Crippen molar-refractivity contribution in [3.8, 4) is 0 Å². The molecule has 0 spiro atoms. The lowest BCUT2D eigenvalue weighted by molar-refractivity contribution is -0.220. The number of aliphatic hydroxyl groups is 5. The lowest BCUT2D eigenvalue weighted by Crippen LogP contribution is -2.64. The Hall–Kier alpha value is -2.74. The fraction of sp³-hybridized carbons (Fsp3) is 0.721. The minimum atomic E-state index is -5.05. The summed E-state index contributed by atoms with van der Waals surface area (Å²) in [4.78, 5) is 23.3. The summed E-state index contributed by atoms with van der Waals surface area (Å²) >= 11 is 0. The van der Waals surface area contributed by atoms with E-state index in [0.717, 1.165) is 64.2 Å². The maximum Gasteiger partial charge on any atom is 0.472 e. The summed E-state index contributed by atoms with van der Waals surface area (Å²) in [6.45, 7) is 4.10. The number of esters is 1. The summed E-state index contributed by atoms with van der Waals surface area (Å²) in [5.41, 5.74) is 0. The molecule has 1 saturated carbocycles. The Bertz CT molecular complexity index is 1590. The number of phosphoric acid groups is 1. The van der Waals surface area contributed by atoms with Gasteiger partial charge in [0.15, 0.2) is 0 Å². The lowest BCUT2D eigenvalue weighted by atomic mass is 9.85. The average molecular weight is 1060 g/mol. The molecule has 0 amide bonds. The van der Waals surface area contributed by atoms with Crippen molar-refractivity contribution in [3.63, 3.8) is 0 Å². The van der Waals surface area contributed by atoms with Crippen LogP contribution in [-0.4, -0.2) is 98.9 Å². The SMILES string of the molecule is CC/C=C\C/C=C\C/C=C\C/C=C\C/C=C\C/C=C\C/C=C\CCCC(=O)OC(COCCCCCCCCCCCCCC/C=C\CCCCCCCCCC)COP(=O)(O)OC1C(O)C(O)C(O)C(O)C1O. The van der Waals surface area contributed by atoms with E-state index in [-0.39, 0.29) is 13.0 Å². The molecule has 1 aliphatic carbocycles. The molecule has 6 unspecified atom stereocenters. The van der Waals surface area contributed by atoms with E-state index in [1.165, 1.54) is 122 Å². The summed E-state index contributed by atoms with van der Waals surface area (Å²) in [5.74, 6) is -0.535. The standard InChI is InChI=1S/C61H105O12P/c1-3-5-7-9-11-13-15-17-19-21-23-25-27-29-31-33-35-37-39-41-43-45-47-49-51-70-52-54(53-71-74(68,69)73-61-59(66)57(64)56(63)58(65)60(61)67)72-55(62)50-48-46-44-42-40-38-36-34-32-30-28-26-24-22-20-18-16-14-12-10-8-6-4-2/h6,8,12,14,18,20-21,23-24,26,30,32,36,38,42,44,54,56-61,63-67H,3-5,7,9-11,13,15-17,19,22,25,27-29,31,33-35,37,39-41,43,45-53H2,1-2H3,(H,68,69)/b8-6-,14-12-,20-18-,23-21-,26-24-,32-30-,38-36-,44-42-. The van der Waals surface area contributed by atoms with E-state index in [9.17, 15) is 39.8 Å². The molecule has 1 fully saturated rings. The number of hydrogen-bond acceptors (Lipinski definition) is 11. The van der Waals surface area contributed by atoms with Gasteiger partial charge in [0.2, 0.25) is 0 Å². The summed E-state index contributed by atoms with van der Waals surface area (Å²) in [7, 11) is -5.05. The van der Waals surface area contributed by atoms with Crippen molar-refractivity contribution < 1.29 is 58.3 Å². The Morgan fingerprint density at radius 3 is 1.23 bits per heavy atom. The highest BCUT2D eigenvalue weighted by molar-refractivity contribution is 7.47. The van der Waals surface area contributed by atoms with Crippen LogP contribution in [0.15, 0.2) is 97.2 Å². The van der Waals surface area contributed by atoms with Crippen LogP contribution >= 0.6 is 7.82 Å². The highest BCUT2D eigenvalue weighted by Crippen LogP contribution is 2.47. The van der Waals surface area contributed by atoms with Crippen LogP contribution in [0.3, 0.4) is 0 Å². The van der Waals surface area contributed by atoms with E-state index in [0.29, 0.717) is 19.4 Å². The van der Waals surface area contributed by atoms with Gasteiger partial charge >= 0.3 is 13.8 Å². The predicted molar refractivity (Wildman–Crippen MR) is 304 cm³/mol. The molecule has 1 aliphatic rings. The molecular weight excluding hydrogens is 956 g/mol. The Morgan fingerprint density at radius 1 is 0.446 bits per heavy atom. The number of phosphoric ester groups is 1. The first-order chi connectivity index (χ1) is 36.0. The number of unbranched alkanes of at least 4 members (excludes halogenated alkanes) is 21. The number of aliphatic hydroxyl groups excluding tert-OH is 5. The van der Waals surface area contributed by atoms with E-state index >= 15 is 0 Å². The first-order valence-electron chi connectivity index (χ1n) is 29.1. The Balaban J connectivity index is 2.34. The molecule has 0 aromatic carbocycles. The zero-order valence-corrected chi connectivity index (χ0v) is 47.0. The number of rotatable bonds is 49. The van der Waals surface area contributed by atoms with Crippen molar-refractivity contribution in [1.29, 1.82) is 0 Å². The second kappa shape index (κ2) is 49.8. The average Bonchev–Trinajstić information content (AvgIpc) is 3.39. The molecule has 0 aliphatic heterocycles. The molecule has 0 aromatic heterocycles. The van der Waals surface area contributed by atoms with E-state index in [1.54, 1.807) is 0 Å². The number of hydrogen-bond donors (Lipinski definition) is 6. The third kappa shape index (κ3) is 40.5. The van der Waals surface area contributed by atoms with Gasteiger partial charge in [-0.3, -0.25) is 13.8 Å². The minimum absolute atomic E-state index is 0.101. The van der Waals surface area contributed by atoms with E-state index in [2.05, 4.69) is 98.9 Å². The number of carbonyl (C=O) groups is 1. The Kier molecular flexibility index (Phi) is 46.6. The van der Waals surface area contributed by atoms with Crippen LogP contribution in [0.4, 0.5) is 0 Å². The van der Waals surface area contributed by atoms with Gasteiger partial charge in [-0.05, 0) is 89.9 Å². The summed E-state index contributed by atoms with van der Waals surface area (Å²) in [6, 6.07) is 0. The highest BCUT2D eigenvalue weighted by atomic mass is 31.2. The van der Waals surface area contributed by atoms with Crippen molar-refractivity contribution >= 4 is 13.8 Å². The van der Waals surface area contributed by atoms with Crippen molar-refractivity contribution in [1.82, 2.24) is 0 Å². The maximum absolute atomic E-state index is 12.9.